The smallest absolute Gasteiger partial charge is 0.183 e. The Bertz CT molecular complexity index is 1310. The van der Waals surface area contributed by atoms with E-state index < -0.39 is 7.14 Å². The summed E-state index contributed by atoms with van der Waals surface area (Å²) in [6.07, 6.45) is 5.88. The number of nitrogens with one attached hydrogen (secondary N) is 1. The predicted molar refractivity (Wildman–Crippen MR) is 140 cm³/mol. The molecule has 2 saturated heterocycles. The maximum Gasteiger partial charge on any atom is 0.183 e. The van der Waals surface area contributed by atoms with Gasteiger partial charge in [-0.1, -0.05) is 12.1 Å². The number of nitrogens with two attached hydrogens (primary N) is 1. The van der Waals surface area contributed by atoms with Crippen molar-refractivity contribution in [2.24, 2.45) is 11.1 Å². The normalized spacial score (nSPS) is 24.3. The third-order valence-electron chi connectivity index (χ3n) is 8.23. The molecule has 0 bridgehead atoms. The molecule has 0 saturated carbocycles. The highest BCUT2D eigenvalue weighted by atomic mass is 31.2. The summed E-state index contributed by atoms with van der Waals surface area (Å²) in [5, 5.41) is 8.71. The Labute approximate surface area is 205 Å². The van der Waals surface area contributed by atoms with Crippen molar-refractivity contribution in [3.05, 3.63) is 30.0 Å². The molecule has 1 spiro atoms. The molecule has 3 aromatic rings. The van der Waals surface area contributed by atoms with E-state index in [-0.39, 0.29) is 17.6 Å². The summed E-state index contributed by atoms with van der Waals surface area (Å²) in [5.41, 5.74) is 10.2. The average molecular weight is 496 g/mol. The number of benzene rings is 1. The third-order valence-corrected chi connectivity index (χ3v) is 9.81. The Morgan fingerprint density at radius 2 is 2.03 bits per heavy atom. The molecule has 0 radical (unpaired) electrons. The molecule has 35 heavy (non-hydrogen) atoms. The van der Waals surface area contributed by atoms with E-state index in [0.717, 1.165) is 80.1 Å². The zero-order valence-corrected chi connectivity index (χ0v) is 21.6. The standard InChI is InChI=1S/C25H34N7O2P/c1-16-22(26)25(15-34-16)9-12-31(13-10-25)20-14-27-21-23(28-20)29-30-24(21)32-11-5-6-17-18(32)7-4-8-19(17)35(2,3)33/h4,7-8,14,16,22H,5-6,9-13,15,26H2,1-3H3,(H,28,29,30)/t16-,22+/m0/s1. The highest BCUT2D eigenvalue weighted by Gasteiger charge is 2.47. The number of aromatic nitrogens is 4. The zero-order valence-electron chi connectivity index (χ0n) is 20.7. The highest BCUT2D eigenvalue weighted by molar-refractivity contribution is 7.70. The number of aromatic amines is 1. The van der Waals surface area contributed by atoms with Gasteiger partial charge < -0.3 is 24.8 Å². The van der Waals surface area contributed by atoms with E-state index in [1.54, 1.807) is 0 Å². The zero-order chi connectivity index (χ0) is 24.4. The lowest BCUT2D eigenvalue weighted by Crippen LogP contribution is -2.50. The van der Waals surface area contributed by atoms with E-state index in [1.165, 1.54) is 5.56 Å². The van der Waals surface area contributed by atoms with Crippen LogP contribution in [0.1, 0.15) is 31.7 Å². The number of rotatable bonds is 3. The van der Waals surface area contributed by atoms with Crippen molar-refractivity contribution in [3.8, 4) is 0 Å². The molecule has 2 fully saturated rings. The number of piperidine rings is 1. The Balaban J connectivity index is 1.27. The number of H-pyrrole nitrogens is 1. The summed E-state index contributed by atoms with van der Waals surface area (Å²) >= 11 is 0. The van der Waals surface area contributed by atoms with Gasteiger partial charge in [-0.05, 0) is 57.6 Å². The molecule has 186 valence electrons. The largest absolute Gasteiger partial charge is 0.376 e. The predicted octanol–water partition coefficient (Wildman–Crippen LogP) is 3.02. The lowest BCUT2D eigenvalue weighted by atomic mass is 9.73. The molecule has 2 aromatic heterocycles. The molecule has 2 atom stereocenters. The van der Waals surface area contributed by atoms with Crippen LogP contribution < -0.4 is 20.8 Å². The maximum absolute atomic E-state index is 12.9. The summed E-state index contributed by atoms with van der Waals surface area (Å²) in [6.45, 7) is 9.13. The number of hydrogen-bond acceptors (Lipinski definition) is 8. The first kappa shape index (κ1) is 23.0. The van der Waals surface area contributed by atoms with Gasteiger partial charge in [-0.15, -0.1) is 0 Å². The molecule has 10 heteroatoms. The van der Waals surface area contributed by atoms with E-state index >= 15 is 0 Å². The quantitative estimate of drug-likeness (QED) is 0.533. The molecule has 0 unspecified atom stereocenters. The molecule has 0 aliphatic carbocycles. The van der Waals surface area contributed by atoms with Gasteiger partial charge >= 0.3 is 0 Å². The topological polar surface area (TPSA) is 113 Å². The van der Waals surface area contributed by atoms with E-state index in [2.05, 4.69) is 33.0 Å². The Morgan fingerprint density at radius 1 is 1.23 bits per heavy atom. The molecular weight excluding hydrogens is 461 g/mol. The van der Waals surface area contributed by atoms with Crippen molar-refractivity contribution in [2.75, 3.05) is 49.4 Å². The number of nitrogens with zero attached hydrogens (tertiary/aromatic N) is 5. The van der Waals surface area contributed by atoms with E-state index in [1.807, 2.05) is 31.7 Å². The van der Waals surface area contributed by atoms with Crippen molar-refractivity contribution < 1.29 is 9.30 Å². The molecular formula is C25H34N7O2P. The van der Waals surface area contributed by atoms with Crippen LogP contribution in [0.2, 0.25) is 0 Å². The minimum atomic E-state index is -2.37. The summed E-state index contributed by atoms with van der Waals surface area (Å²) in [7, 11) is -2.37. The van der Waals surface area contributed by atoms with Crippen LogP contribution in [0, 0.1) is 5.41 Å². The van der Waals surface area contributed by atoms with Gasteiger partial charge in [0, 0.05) is 42.1 Å². The summed E-state index contributed by atoms with van der Waals surface area (Å²) in [5.74, 6) is 1.64. The molecule has 9 nitrogen and oxygen atoms in total. The second-order valence-electron chi connectivity index (χ2n) is 10.7. The van der Waals surface area contributed by atoms with Crippen LogP contribution in [-0.2, 0) is 15.7 Å². The highest BCUT2D eigenvalue weighted by Crippen LogP contribution is 2.43. The third kappa shape index (κ3) is 3.76. The summed E-state index contributed by atoms with van der Waals surface area (Å²) in [6, 6.07) is 6.19. The van der Waals surface area contributed by atoms with Crippen LogP contribution in [0.5, 0.6) is 0 Å². The van der Waals surface area contributed by atoms with Crippen LogP contribution >= 0.6 is 7.14 Å². The van der Waals surface area contributed by atoms with Gasteiger partial charge in [0.15, 0.2) is 17.0 Å². The lowest BCUT2D eigenvalue weighted by molar-refractivity contribution is 0.0974. The number of fused-ring (bicyclic) bond motifs is 2. The average Bonchev–Trinajstić information content (AvgIpc) is 3.40. The van der Waals surface area contributed by atoms with Gasteiger partial charge in [0.1, 0.15) is 13.0 Å². The van der Waals surface area contributed by atoms with Crippen LogP contribution in [-0.4, -0.2) is 71.9 Å². The summed E-state index contributed by atoms with van der Waals surface area (Å²) in [4.78, 5) is 14.2. The van der Waals surface area contributed by atoms with Crippen molar-refractivity contribution in [3.63, 3.8) is 0 Å². The van der Waals surface area contributed by atoms with Gasteiger partial charge in [-0.25, -0.2) is 9.97 Å². The molecule has 5 heterocycles. The minimum Gasteiger partial charge on any atom is -0.376 e. The fourth-order valence-corrected chi connectivity index (χ4v) is 7.43. The first-order valence-electron chi connectivity index (χ1n) is 12.6. The van der Waals surface area contributed by atoms with Crippen LogP contribution in [0.3, 0.4) is 0 Å². The van der Waals surface area contributed by atoms with Crippen molar-refractivity contribution in [2.45, 2.75) is 44.8 Å². The molecule has 3 aliphatic rings. The van der Waals surface area contributed by atoms with Crippen LogP contribution in [0.4, 0.5) is 17.3 Å². The lowest BCUT2D eigenvalue weighted by Gasteiger charge is -2.41. The fourth-order valence-electron chi connectivity index (χ4n) is 6.11. The Hall–Kier alpha value is -2.48. The van der Waals surface area contributed by atoms with Crippen molar-refractivity contribution >= 4 is 40.9 Å². The number of ether oxygens (including phenoxy) is 1. The number of anilines is 3. The van der Waals surface area contributed by atoms with Crippen molar-refractivity contribution in [1.29, 1.82) is 0 Å². The van der Waals surface area contributed by atoms with Gasteiger partial charge in [0.05, 0.1) is 18.9 Å². The molecule has 1 aromatic carbocycles. The van der Waals surface area contributed by atoms with Gasteiger partial charge in [-0.2, -0.15) is 5.10 Å². The number of hydrogen-bond donors (Lipinski definition) is 2. The molecule has 3 N–H and O–H groups in total. The SMILES string of the molecule is C[C@@H]1OCC2(CCN(c3cnc4c(N5CCCc6c5cccc6P(C)(C)=O)n[nH]c4n3)CC2)[C@@H]1N. The molecule has 0 amide bonds. The Kier molecular flexibility index (Phi) is 5.43. The first-order chi connectivity index (χ1) is 16.8. The fraction of sp³-hybridized carbons (Fsp3) is 0.560. The monoisotopic (exact) mass is 495 g/mol. The first-order valence-corrected chi connectivity index (χ1v) is 15.2. The minimum absolute atomic E-state index is 0.0794. The van der Waals surface area contributed by atoms with Crippen LogP contribution in [0.15, 0.2) is 24.4 Å². The van der Waals surface area contributed by atoms with Gasteiger partial charge in [0.25, 0.3) is 0 Å². The molecule has 6 rings (SSSR count). The van der Waals surface area contributed by atoms with Crippen LogP contribution in [0.25, 0.3) is 11.2 Å². The summed E-state index contributed by atoms with van der Waals surface area (Å²) < 4.78 is 18.8. The van der Waals surface area contributed by atoms with Crippen molar-refractivity contribution in [1.82, 2.24) is 20.2 Å². The Morgan fingerprint density at radius 3 is 2.74 bits per heavy atom. The second kappa shape index (κ2) is 8.29. The van der Waals surface area contributed by atoms with E-state index in [0.29, 0.717) is 5.65 Å². The maximum atomic E-state index is 12.9. The van der Waals surface area contributed by atoms with E-state index in [4.69, 9.17) is 20.4 Å². The van der Waals surface area contributed by atoms with Gasteiger partial charge in [-0.3, -0.25) is 5.10 Å². The molecule has 3 aliphatic heterocycles. The van der Waals surface area contributed by atoms with Gasteiger partial charge in [0.2, 0.25) is 0 Å². The second-order valence-corrected chi connectivity index (χ2v) is 13.9. The van der Waals surface area contributed by atoms with E-state index in [9.17, 15) is 4.57 Å².